The SMILES string of the molecule is Cc1nc(COc2c(/C(N)=N/O)oc3ccccc23)cs1. The van der Waals surface area contributed by atoms with Crippen LogP contribution in [0.4, 0.5) is 0 Å². The van der Waals surface area contributed by atoms with E-state index in [-0.39, 0.29) is 11.6 Å². The maximum Gasteiger partial charge on any atom is 0.215 e. The molecule has 0 unspecified atom stereocenters. The Morgan fingerprint density at radius 2 is 2.29 bits per heavy atom. The molecule has 0 fully saturated rings. The van der Waals surface area contributed by atoms with Crippen LogP contribution >= 0.6 is 11.3 Å². The molecule has 0 aliphatic rings. The topological polar surface area (TPSA) is 93.9 Å². The number of furan rings is 1. The lowest BCUT2D eigenvalue weighted by Gasteiger charge is -2.04. The van der Waals surface area contributed by atoms with Gasteiger partial charge in [-0.2, -0.15) is 0 Å². The number of para-hydroxylation sites is 1. The first-order valence-electron chi connectivity index (χ1n) is 6.22. The van der Waals surface area contributed by atoms with Gasteiger partial charge in [0.2, 0.25) is 11.6 Å². The van der Waals surface area contributed by atoms with Crippen LogP contribution in [0.3, 0.4) is 0 Å². The van der Waals surface area contributed by atoms with Crippen molar-refractivity contribution in [1.82, 2.24) is 4.98 Å². The first-order valence-corrected chi connectivity index (χ1v) is 7.10. The molecule has 0 spiro atoms. The second kappa shape index (κ2) is 5.45. The van der Waals surface area contributed by atoms with Crippen molar-refractivity contribution in [2.45, 2.75) is 13.5 Å². The van der Waals surface area contributed by atoms with Gasteiger partial charge in [0.1, 0.15) is 12.2 Å². The third-order valence-electron chi connectivity index (χ3n) is 2.92. The van der Waals surface area contributed by atoms with E-state index in [1.165, 1.54) is 0 Å². The van der Waals surface area contributed by atoms with Crippen LogP contribution in [0.25, 0.3) is 11.0 Å². The number of amidine groups is 1. The van der Waals surface area contributed by atoms with Crippen molar-refractivity contribution in [3.8, 4) is 5.75 Å². The average molecular weight is 303 g/mol. The number of hydrogen-bond donors (Lipinski definition) is 2. The molecule has 0 aliphatic carbocycles. The number of ether oxygens (including phenoxy) is 1. The zero-order valence-electron chi connectivity index (χ0n) is 11.2. The van der Waals surface area contributed by atoms with Gasteiger partial charge in [-0.3, -0.25) is 0 Å². The summed E-state index contributed by atoms with van der Waals surface area (Å²) >= 11 is 1.56. The Balaban J connectivity index is 1.98. The fraction of sp³-hybridized carbons (Fsp3) is 0.143. The summed E-state index contributed by atoms with van der Waals surface area (Å²) < 4.78 is 11.4. The van der Waals surface area contributed by atoms with Gasteiger partial charge in [-0.1, -0.05) is 17.3 Å². The molecule has 1 aromatic carbocycles. The molecule has 3 rings (SSSR count). The van der Waals surface area contributed by atoms with Crippen molar-refractivity contribution in [3.63, 3.8) is 0 Å². The van der Waals surface area contributed by atoms with Crippen LogP contribution < -0.4 is 10.5 Å². The highest BCUT2D eigenvalue weighted by atomic mass is 32.1. The highest BCUT2D eigenvalue weighted by Crippen LogP contribution is 2.33. The fourth-order valence-electron chi connectivity index (χ4n) is 2.00. The summed E-state index contributed by atoms with van der Waals surface area (Å²) in [6.07, 6.45) is 0. The Labute approximate surface area is 124 Å². The standard InChI is InChI=1S/C14H13N3O3S/c1-8-16-9(7-21-8)6-19-12-10-4-2-3-5-11(10)20-13(12)14(15)17-18/h2-5,7,18H,6H2,1H3,(H2,15,17). The Morgan fingerprint density at radius 3 is 3.00 bits per heavy atom. The van der Waals surface area contributed by atoms with Crippen LogP contribution in [0.5, 0.6) is 5.75 Å². The summed E-state index contributed by atoms with van der Waals surface area (Å²) in [6.45, 7) is 2.23. The highest BCUT2D eigenvalue weighted by molar-refractivity contribution is 7.09. The van der Waals surface area contributed by atoms with Crippen LogP contribution in [-0.4, -0.2) is 16.0 Å². The normalized spacial score (nSPS) is 12.0. The van der Waals surface area contributed by atoms with Crippen LogP contribution in [0.2, 0.25) is 0 Å². The Kier molecular flexibility index (Phi) is 3.49. The van der Waals surface area contributed by atoms with E-state index in [9.17, 15) is 0 Å². The Hall–Kier alpha value is -2.54. The number of thiazole rings is 1. The average Bonchev–Trinajstić information content (AvgIpc) is 3.07. The molecule has 21 heavy (non-hydrogen) atoms. The second-order valence-electron chi connectivity index (χ2n) is 4.39. The molecular weight excluding hydrogens is 290 g/mol. The van der Waals surface area contributed by atoms with Gasteiger partial charge in [0.25, 0.3) is 0 Å². The number of aromatic nitrogens is 1. The fourth-order valence-corrected chi connectivity index (χ4v) is 2.60. The number of nitrogens with zero attached hydrogens (tertiary/aromatic N) is 2. The number of benzene rings is 1. The number of hydrogen-bond acceptors (Lipinski definition) is 6. The molecule has 0 saturated heterocycles. The Morgan fingerprint density at radius 1 is 1.48 bits per heavy atom. The summed E-state index contributed by atoms with van der Waals surface area (Å²) in [6, 6.07) is 7.36. The molecule has 0 atom stereocenters. The van der Waals surface area contributed by atoms with Crippen molar-refractivity contribution in [2.24, 2.45) is 10.9 Å². The molecule has 2 heterocycles. The van der Waals surface area contributed by atoms with E-state index >= 15 is 0 Å². The van der Waals surface area contributed by atoms with E-state index in [0.717, 1.165) is 16.1 Å². The first kappa shape index (κ1) is 13.4. The molecule has 0 saturated carbocycles. The molecule has 3 N–H and O–H groups in total. The van der Waals surface area contributed by atoms with E-state index in [4.69, 9.17) is 20.1 Å². The summed E-state index contributed by atoms with van der Waals surface area (Å²) in [4.78, 5) is 4.34. The van der Waals surface area contributed by atoms with Crippen LogP contribution in [0.1, 0.15) is 16.5 Å². The minimum absolute atomic E-state index is 0.129. The zero-order chi connectivity index (χ0) is 14.8. The molecular formula is C14H13N3O3S. The van der Waals surface area contributed by atoms with Gasteiger partial charge in [0.15, 0.2) is 5.75 Å². The van der Waals surface area contributed by atoms with Crippen molar-refractivity contribution in [3.05, 3.63) is 46.1 Å². The molecule has 0 amide bonds. The van der Waals surface area contributed by atoms with E-state index in [1.807, 2.05) is 30.5 Å². The van der Waals surface area contributed by atoms with Gasteiger partial charge < -0.3 is 20.1 Å². The van der Waals surface area contributed by atoms with Crippen LogP contribution in [0.15, 0.2) is 39.2 Å². The molecule has 7 heteroatoms. The van der Waals surface area contributed by atoms with Gasteiger partial charge in [0.05, 0.1) is 16.1 Å². The van der Waals surface area contributed by atoms with Crippen molar-refractivity contribution < 1.29 is 14.4 Å². The molecule has 3 aromatic rings. The first-order chi connectivity index (χ1) is 10.2. The smallest absolute Gasteiger partial charge is 0.215 e. The molecule has 0 aliphatic heterocycles. The summed E-state index contributed by atoms with van der Waals surface area (Å²) in [5.74, 6) is 0.535. The van der Waals surface area contributed by atoms with Crippen LogP contribution in [0, 0.1) is 6.92 Å². The van der Waals surface area contributed by atoms with Crippen molar-refractivity contribution in [1.29, 1.82) is 0 Å². The number of aryl methyl sites for hydroxylation is 1. The van der Waals surface area contributed by atoms with Crippen molar-refractivity contribution >= 4 is 28.1 Å². The summed E-state index contributed by atoms with van der Waals surface area (Å²) in [5, 5.41) is 15.5. The molecule has 0 bridgehead atoms. The van der Waals surface area contributed by atoms with Gasteiger partial charge in [-0.15, -0.1) is 11.3 Å². The number of fused-ring (bicyclic) bond motifs is 1. The molecule has 6 nitrogen and oxygen atoms in total. The van der Waals surface area contributed by atoms with Gasteiger partial charge >= 0.3 is 0 Å². The highest BCUT2D eigenvalue weighted by Gasteiger charge is 2.19. The predicted octanol–water partition coefficient (Wildman–Crippen LogP) is 2.87. The predicted molar refractivity (Wildman–Crippen MR) is 79.9 cm³/mol. The van der Waals surface area contributed by atoms with E-state index in [1.54, 1.807) is 17.4 Å². The van der Waals surface area contributed by atoms with E-state index in [2.05, 4.69) is 10.1 Å². The van der Waals surface area contributed by atoms with E-state index in [0.29, 0.717) is 17.9 Å². The lowest BCUT2D eigenvalue weighted by Crippen LogP contribution is -2.13. The Bertz CT molecular complexity index is 807. The minimum Gasteiger partial charge on any atom is -0.482 e. The minimum atomic E-state index is -0.129. The van der Waals surface area contributed by atoms with Crippen molar-refractivity contribution in [2.75, 3.05) is 0 Å². The maximum atomic E-state index is 8.86. The molecule has 0 radical (unpaired) electrons. The number of oxime groups is 1. The van der Waals surface area contributed by atoms with Crippen LogP contribution in [-0.2, 0) is 6.61 Å². The lowest BCUT2D eigenvalue weighted by molar-refractivity contribution is 0.297. The zero-order valence-corrected chi connectivity index (χ0v) is 12.1. The quantitative estimate of drug-likeness (QED) is 0.334. The molecule has 2 aromatic heterocycles. The van der Waals surface area contributed by atoms with Gasteiger partial charge in [0, 0.05) is 5.38 Å². The number of nitrogens with two attached hydrogens (primary N) is 1. The third kappa shape index (κ3) is 2.55. The molecule has 108 valence electrons. The third-order valence-corrected chi connectivity index (χ3v) is 3.74. The summed E-state index contributed by atoms with van der Waals surface area (Å²) in [7, 11) is 0. The van der Waals surface area contributed by atoms with Gasteiger partial charge in [-0.05, 0) is 19.1 Å². The number of rotatable bonds is 4. The summed E-state index contributed by atoms with van der Waals surface area (Å²) in [5.41, 5.74) is 7.09. The monoisotopic (exact) mass is 303 g/mol. The largest absolute Gasteiger partial charge is 0.482 e. The van der Waals surface area contributed by atoms with Gasteiger partial charge in [-0.25, -0.2) is 4.98 Å². The lowest BCUT2D eigenvalue weighted by atomic mass is 10.2. The van der Waals surface area contributed by atoms with E-state index < -0.39 is 0 Å². The second-order valence-corrected chi connectivity index (χ2v) is 5.45. The maximum absolute atomic E-state index is 8.86.